The van der Waals surface area contributed by atoms with Crippen LogP contribution < -0.4 is 4.90 Å². The van der Waals surface area contributed by atoms with Crippen LogP contribution in [-0.2, 0) is 13.9 Å². The average Bonchev–Trinajstić information content (AvgIpc) is 2.76. The van der Waals surface area contributed by atoms with E-state index in [1.54, 1.807) is 17.0 Å². The van der Waals surface area contributed by atoms with E-state index >= 15 is 0 Å². The first-order valence-electron chi connectivity index (χ1n) is 8.69. The maximum Gasteiger partial charge on any atom is 0.261 e. The fraction of sp³-hybridized carbons (Fsp3) is 0.0435. The zero-order valence-corrected chi connectivity index (χ0v) is 17.9. The molecule has 5 heteroatoms. The molecule has 1 heterocycles. The van der Waals surface area contributed by atoms with Gasteiger partial charge < -0.3 is 0 Å². The number of benzene rings is 3. The van der Waals surface area contributed by atoms with Crippen LogP contribution in [-0.4, -0.2) is 11.7 Å². The molecule has 1 unspecified atom stereocenters. The molecule has 138 valence electrons. The maximum absolute atomic E-state index is 13.8. The molecule has 3 aromatic rings. The summed E-state index contributed by atoms with van der Waals surface area (Å²) in [6.07, 6.45) is 0. The van der Waals surface area contributed by atoms with Gasteiger partial charge in [0.1, 0.15) is 0 Å². The Bertz CT molecular complexity index is 1070. The summed E-state index contributed by atoms with van der Waals surface area (Å²) in [7, 11) is 0. The third kappa shape index (κ3) is 2.95. The number of allylic oxidation sites excluding steroid dienone is 1. The molecule has 1 aliphatic heterocycles. The van der Waals surface area contributed by atoms with Gasteiger partial charge in [-0.2, -0.15) is 0 Å². The summed E-state index contributed by atoms with van der Waals surface area (Å²) in [4.78, 5) is 28.8. The van der Waals surface area contributed by atoms with Crippen molar-refractivity contribution in [3.63, 3.8) is 0 Å². The van der Waals surface area contributed by atoms with Crippen LogP contribution in [0.5, 0.6) is 0 Å². The van der Waals surface area contributed by atoms with Gasteiger partial charge in [-0.3, -0.25) is 14.5 Å². The number of hydrogen-bond acceptors (Lipinski definition) is 2. The Hall–Kier alpha value is -2.50. The highest BCUT2D eigenvalue weighted by Crippen LogP contribution is 2.47. The molecule has 0 spiro atoms. The summed E-state index contributed by atoms with van der Waals surface area (Å²) in [6, 6.07) is 27.8. The van der Waals surface area contributed by atoms with E-state index in [0.29, 0.717) is 21.4 Å². The number of ketones is 1. The lowest BCUT2D eigenvalue weighted by Gasteiger charge is -2.39. The molecule has 0 bridgehead atoms. The SMILES string of the molecule is O=C1C(Br)=C(c2ccccc2)N(c2ccccc2)C(=O)C1(Br)c1ccccc1. The molecule has 4 rings (SSSR count). The molecule has 0 aliphatic carbocycles. The van der Waals surface area contributed by atoms with Crippen LogP contribution in [0.3, 0.4) is 0 Å². The highest BCUT2D eigenvalue weighted by atomic mass is 79.9. The number of nitrogens with zero attached hydrogens (tertiary/aromatic N) is 1. The standard InChI is InChI=1S/C23H15Br2NO2/c24-19-20(16-10-4-1-5-11-16)26(18-14-8-3-9-15-18)22(28)23(25,21(19)27)17-12-6-2-7-13-17/h1-15H. The molecule has 0 N–H and O–H groups in total. The highest BCUT2D eigenvalue weighted by molar-refractivity contribution is 9.12. The largest absolute Gasteiger partial charge is 0.291 e. The molecule has 0 fully saturated rings. The molecular formula is C23H15Br2NO2. The number of hydrogen-bond donors (Lipinski definition) is 0. The third-order valence-electron chi connectivity index (χ3n) is 4.67. The second-order valence-electron chi connectivity index (χ2n) is 6.36. The molecule has 1 atom stereocenters. The topological polar surface area (TPSA) is 37.4 Å². The molecule has 28 heavy (non-hydrogen) atoms. The van der Waals surface area contributed by atoms with Crippen molar-refractivity contribution in [3.05, 3.63) is 107 Å². The molecule has 0 aromatic heterocycles. The summed E-state index contributed by atoms with van der Waals surface area (Å²) >= 11 is 7.01. The van der Waals surface area contributed by atoms with Gasteiger partial charge in [-0.05, 0) is 39.2 Å². The first kappa shape index (κ1) is 18.8. The maximum atomic E-state index is 13.8. The van der Waals surface area contributed by atoms with Gasteiger partial charge >= 0.3 is 0 Å². The van der Waals surface area contributed by atoms with Gasteiger partial charge in [-0.1, -0.05) is 94.8 Å². The van der Waals surface area contributed by atoms with Crippen LogP contribution in [0.1, 0.15) is 11.1 Å². The van der Waals surface area contributed by atoms with Crippen molar-refractivity contribution in [1.29, 1.82) is 0 Å². The number of anilines is 1. The minimum atomic E-state index is -1.50. The monoisotopic (exact) mass is 495 g/mol. The average molecular weight is 497 g/mol. The first-order valence-corrected chi connectivity index (χ1v) is 10.3. The van der Waals surface area contributed by atoms with Gasteiger partial charge in [0.05, 0.1) is 10.2 Å². The molecule has 0 saturated heterocycles. The van der Waals surface area contributed by atoms with Crippen LogP contribution in [0.25, 0.3) is 5.70 Å². The van der Waals surface area contributed by atoms with E-state index in [0.717, 1.165) is 5.56 Å². The van der Waals surface area contributed by atoms with Crippen molar-refractivity contribution in [2.45, 2.75) is 4.32 Å². The zero-order valence-electron chi connectivity index (χ0n) is 14.7. The lowest BCUT2D eigenvalue weighted by molar-refractivity contribution is -0.128. The number of halogens is 2. The Labute approximate surface area is 179 Å². The molecular weight excluding hydrogens is 482 g/mol. The van der Waals surface area contributed by atoms with Crippen LogP contribution in [0.2, 0.25) is 0 Å². The van der Waals surface area contributed by atoms with Crippen molar-refractivity contribution in [3.8, 4) is 0 Å². The van der Waals surface area contributed by atoms with Crippen LogP contribution in [0, 0.1) is 0 Å². The number of para-hydroxylation sites is 1. The van der Waals surface area contributed by atoms with E-state index in [1.165, 1.54) is 0 Å². The van der Waals surface area contributed by atoms with Crippen molar-refractivity contribution in [2.75, 3.05) is 4.90 Å². The zero-order chi connectivity index (χ0) is 19.7. The number of amides is 1. The first-order chi connectivity index (χ1) is 13.5. The summed E-state index contributed by atoms with van der Waals surface area (Å²) < 4.78 is -1.15. The molecule has 1 aliphatic rings. The van der Waals surface area contributed by atoms with E-state index in [2.05, 4.69) is 31.9 Å². The van der Waals surface area contributed by atoms with Crippen molar-refractivity contribution in [2.24, 2.45) is 0 Å². The van der Waals surface area contributed by atoms with Crippen LogP contribution >= 0.6 is 31.9 Å². The summed E-state index contributed by atoms with van der Waals surface area (Å²) in [5.41, 5.74) is 2.60. The predicted molar refractivity (Wildman–Crippen MR) is 118 cm³/mol. The summed E-state index contributed by atoms with van der Waals surface area (Å²) in [6.45, 7) is 0. The van der Waals surface area contributed by atoms with E-state index < -0.39 is 4.32 Å². The van der Waals surface area contributed by atoms with E-state index in [9.17, 15) is 9.59 Å². The van der Waals surface area contributed by atoms with Gasteiger partial charge in [0, 0.05) is 5.69 Å². The van der Waals surface area contributed by atoms with Crippen molar-refractivity contribution in [1.82, 2.24) is 0 Å². The minimum absolute atomic E-state index is 0.324. The Balaban J connectivity index is 2.00. The van der Waals surface area contributed by atoms with E-state index in [4.69, 9.17) is 0 Å². The Morgan fingerprint density at radius 3 is 1.79 bits per heavy atom. The van der Waals surface area contributed by atoms with Gasteiger partial charge in [0.15, 0.2) is 4.32 Å². The quantitative estimate of drug-likeness (QED) is 0.346. The molecule has 0 saturated carbocycles. The Morgan fingerprint density at radius 2 is 1.21 bits per heavy atom. The molecule has 3 nitrogen and oxygen atoms in total. The molecule has 0 radical (unpaired) electrons. The number of Topliss-reactive ketones (excluding diaryl/α,β-unsaturated/α-hetero) is 1. The van der Waals surface area contributed by atoms with Gasteiger partial charge in [0.2, 0.25) is 5.78 Å². The fourth-order valence-electron chi connectivity index (χ4n) is 3.31. The van der Waals surface area contributed by atoms with Crippen molar-refractivity contribution < 1.29 is 9.59 Å². The third-order valence-corrected chi connectivity index (χ3v) is 6.57. The number of alkyl halides is 1. The normalized spacial score (nSPS) is 19.9. The number of carbonyl (C=O) groups excluding carboxylic acids is 2. The van der Waals surface area contributed by atoms with E-state index in [-0.39, 0.29) is 11.7 Å². The summed E-state index contributed by atoms with van der Waals surface area (Å²) in [5, 5.41) is 0. The number of carbonyl (C=O) groups is 2. The summed E-state index contributed by atoms with van der Waals surface area (Å²) in [5.74, 6) is -0.674. The minimum Gasteiger partial charge on any atom is -0.291 e. The highest BCUT2D eigenvalue weighted by Gasteiger charge is 2.53. The Kier molecular flexibility index (Phi) is 5.04. The lowest BCUT2D eigenvalue weighted by atomic mass is 9.87. The molecule has 1 amide bonds. The predicted octanol–water partition coefficient (Wildman–Crippen LogP) is 5.66. The van der Waals surface area contributed by atoms with E-state index in [1.807, 2.05) is 78.9 Å². The lowest BCUT2D eigenvalue weighted by Crippen LogP contribution is -2.51. The fourth-order valence-corrected chi connectivity index (χ4v) is 4.92. The van der Waals surface area contributed by atoms with Crippen LogP contribution in [0.15, 0.2) is 95.5 Å². The van der Waals surface area contributed by atoms with Gasteiger partial charge in [-0.25, -0.2) is 0 Å². The smallest absolute Gasteiger partial charge is 0.261 e. The van der Waals surface area contributed by atoms with Gasteiger partial charge in [0.25, 0.3) is 5.91 Å². The van der Waals surface area contributed by atoms with Gasteiger partial charge in [-0.15, -0.1) is 0 Å². The second kappa shape index (κ2) is 7.49. The van der Waals surface area contributed by atoms with Crippen molar-refractivity contribution >= 4 is 54.9 Å². The Morgan fingerprint density at radius 1 is 0.714 bits per heavy atom. The molecule has 3 aromatic carbocycles. The number of rotatable bonds is 3. The van der Waals surface area contributed by atoms with Crippen LogP contribution in [0.4, 0.5) is 5.69 Å². The second-order valence-corrected chi connectivity index (χ2v) is 8.34.